The van der Waals surface area contributed by atoms with Crippen molar-refractivity contribution in [3.8, 4) is 16.5 Å². The predicted octanol–water partition coefficient (Wildman–Crippen LogP) is 3.50. The number of hydrogen-bond donors (Lipinski definition) is 0. The van der Waals surface area contributed by atoms with Crippen LogP contribution in [0.2, 0.25) is 0 Å². The second-order valence-corrected chi connectivity index (χ2v) is 6.75. The van der Waals surface area contributed by atoms with E-state index in [0.717, 1.165) is 10.4 Å². The number of aromatic nitrogens is 2. The summed E-state index contributed by atoms with van der Waals surface area (Å²) < 4.78 is 16.1. The summed E-state index contributed by atoms with van der Waals surface area (Å²) in [5.74, 6) is 1.35. The lowest BCUT2D eigenvalue weighted by atomic mass is 10.2. The molecule has 28 heavy (non-hydrogen) atoms. The van der Waals surface area contributed by atoms with E-state index in [2.05, 4.69) is 10.2 Å². The minimum Gasteiger partial charge on any atom is -0.496 e. The number of thiophene rings is 1. The summed E-state index contributed by atoms with van der Waals surface area (Å²) in [6.07, 6.45) is 3.23. The molecule has 0 N–H and O–H groups in total. The van der Waals surface area contributed by atoms with Gasteiger partial charge in [-0.3, -0.25) is 4.79 Å². The lowest BCUT2D eigenvalue weighted by molar-refractivity contribution is -0.127. The predicted molar refractivity (Wildman–Crippen MR) is 107 cm³/mol. The topological polar surface area (TPSA) is 77.7 Å². The molecule has 7 nitrogen and oxygen atoms in total. The van der Waals surface area contributed by atoms with Crippen LogP contribution in [0, 0.1) is 0 Å². The largest absolute Gasteiger partial charge is 0.496 e. The normalized spacial score (nSPS) is 11.1. The SMILES string of the molecule is COCCN(Cc1nnc(-c2cccs2)o1)C(=O)/C=C/c1ccccc1OC. The van der Waals surface area contributed by atoms with Gasteiger partial charge >= 0.3 is 0 Å². The molecule has 0 radical (unpaired) electrons. The van der Waals surface area contributed by atoms with Gasteiger partial charge in [-0.2, -0.15) is 0 Å². The fraction of sp³-hybridized carbons (Fsp3) is 0.250. The maximum atomic E-state index is 12.7. The van der Waals surface area contributed by atoms with Crippen molar-refractivity contribution in [2.24, 2.45) is 0 Å². The molecule has 1 aromatic carbocycles. The third-order valence-electron chi connectivity index (χ3n) is 3.95. The molecule has 8 heteroatoms. The monoisotopic (exact) mass is 399 g/mol. The second kappa shape index (κ2) is 9.82. The maximum Gasteiger partial charge on any atom is 0.257 e. The first-order valence-corrected chi connectivity index (χ1v) is 9.54. The van der Waals surface area contributed by atoms with Gasteiger partial charge in [0.1, 0.15) is 5.75 Å². The molecule has 0 bridgehead atoms. The van der Waals surface area contributed by atoms with Crippen molar-refractivity contribution in [2.45, 2.75) is 6.54 Å². The van der Waals surface area contributed by atoms with Crippen molar-refractivity contribution in [1.82, 2.24) is 15.1 Å². The Morgan fingerprint density at radius 2 is 2.07 bits per heavy atom. The molecule has 3 aromatic rings. The van der Waals surface area contributed by atoms with E-state index >= 15 is 0 Å². The number of nitrogens with zero attached hydrogens (tertiary/aromatic N) is 3. The first-order valence-electron chi connectivity index (χ1n) is 8.66. The van der Waals surface area contributed by atoms with Gasteiger partial charge in [-0.25, -0.2) is 0 Å². The molecule has 0 aliphatic rings. The summed E-state index contributed by atoms with van der Waals surface area (Å²) in [6.45, 7) is 1.01. The molecule has 0 aliphatic heterocycles. The van der Waals surface area contributed by atoms with E-state index in [-0.39, 0.29) is 12.5 Å². The number of carbonyl (C=O) groups excluding carboxylic acids is 1. The molecule has 0 fully saturated rings. The van der Waals surface area contributed by atoms with Crippen LogP contribution in [0.5, 0.6) is 5.75 Å². The number of hydrogen-bond acceptors (Lipinski definition) is 7. The summed E-state index contributed by atoms with van der Waals surface area (Å²) >= 11 is 1.52. The van der Waals surface area contributed by atoms with E-state index in [0.29, 0.717) is 30.7 Å². The van der Waals surface area contributed by atoms with Gasteiger partial charge in [0.05, 0.1) is 25.1 Å². The molecule has 2 aromatic heterocycles. The third-order valence-corrected chi connectivity index (χ3v) is 4.80. The van der Waals surface area contributed by atoms with Gasteiger partial charge < -0.3 is 18.8 Å². The van der Waals surface area contributed by atoms with E-state index in [1.807, 2.05) is 41.8 Å². The van der Waals surface area contributed by atoms with E-state index in [1.54, 1.807) is 25.2 Å². The van der Waals surface area contributed by atoms with Crippen LogP contribution >= 0.6 is 11.3 Å². The number of rotatable bonds is 9. The maximum absolute atomic E-state index is 12.7. The number of amides is 1. The van der Waals surface area contributed by atoms with E-state index in [9.17, 15) is 4.79 Å². The number of carbonyl (C=O) groups is 1. The van der Waals surface area contributed by atoms with Crippen LogP contribution in [0.15, 0.2) is 52.3 Å². The van der Waals surface area contributed by atoms with Gasteiger partial charge in [0, 0.05) is 25.3 Å². The van der Waals surface area contributed by atoms with Crippen LogP contribution in [-0.2, 0) is 16.1 Å². The lowest BCUT2D eigenvalue weighted by Gasteiger charge is -2.18. The van der Waals surface area contributed by atoms with Crippen molar-refractivity contribution in [2.75, 3.05) is 27.4 Å². The number of methoxy groups -OCH3 is 2. The highest BCUT2D eigenvalue weighted by Crippen LogP contribution is 2.23. The molecule has 146 valence electrons. The Morgan fingerprint density at radius 1 is 1.21 bits per heavy atom. The van der Waals surface area contributed by atoms with Crippen LogP contribution in [0.1, 0.15) is 11.5 Å². The van der Waals surface area contributed by atoms with Crippen LogP contribution in [0.3, 0.4) is 0 Å². The Balaban J connectivity index is 1.72. The van der Waals surface area contributed by atoms with Gasteiger partial charge in [0.25, 0.3) is 5.89 Å². The van der Waals surface area contributed by atoms with Crippen LogP contribution in [0.4, 0.5) is 0 Å². The fourth-order valence-corrected chi connectivity index (χ4v) is 3.16. The second-order valence-electron chi connectivity index (χ2n) is 5.81. The highest BCUT2D eigenvalue weighted by molar-refractivity contribution is 7.13. The van der Waals surface area contributed by atoms with Crippen LogP contribution < -0.4 is 4.74 Å². The van der Waals surface area contributed by atoms with Crippen molar-refractivity contribution in [3.63, 3.8) is 0 Å². The Morgan fingerprint density at radius 3 is 2.82 bits per heavy atom. The zero-order valence-corrected chi connectivity index (χ0v) is 16.5. The van der Waals surface area contributed by atoms with E-state index < -0.39 is 0 Å². The van der Waals surface area contributed by atoms with Crippen molar-refractivity contribution >= 4 is 23.3 Å². The van der Waals surface area contributed by atoms with Gasteiger partial charge in [0.15, 0.2) is 0 Å². The van der Waals surface area contributed by atoms with E-state index in [1.165, 1.54) is 17.4 Å². The fourth-order valence-electron chi connectivity index (χ4n) is 2.52. The molecule has 3 rings (SSSR count). The quantitative estimate of drug-likeness (QED) is 0.513. The summed E-state index contributed by atoms with van der Waals surface area (Å²) in [7, 11) is 3.19. The van der Waals surface area contributed by atoms with Gasteiger partial charge in [-0.1, -0.05) is 24.3 Å². The van der Waals surface area contributed by atoms with Crippen LogP contribution in [0.25, 0.3) is 16.8 Å². The van der Waals surface area contributed by atoms with Gasteiger partial charge in [-0.05, 0) is 23.6 Å². The highest BCUT2D eigenvalue weighted by atomic mass is 32.1. The molecule has 0 aliphatic carbocycles. The Bertz CT molecular complexity index is 921. The number of ether oxygens (including phenoxy) is 2. The van der Waals surface area contributed by atoms with Crippen LogP contribution in [-0.4, -0.2) is 48.4 Å². The minimum atomic E-state index is -0.182. The first-order chi connectivity index (χ1) is 13.7. The van der Waals surface area contributed by atoms with Gasteiger partial charge in [-0.15, -0.1) is 21.5 Å². The molecule has 0 saturated heterocycles. The Kier molecular flexibility index (Phi) is 6.94. The molecule has 0 atom stereocenters. The van der Waals surface area contributed by atoms with E-state index in [4.69, 9.17) is 13.9 Å². The van der Waals surface area contributed by atoms with Crippen molar-refractivity contribution in [3.05, 3.63) is 59.3 Å². The average Bonchev–Trinajstić information content (AvgIpc) is 3.41. The molecule has 0 spiro atoms. The average molecular weight is 399 g/mol. The lowest BCUT2D eigenvalue weighted by Crippen LogP contribution is -2.32. The van der Waals surface area contributed by atoms with Crippen molar-refractivity contribution < 1.29 is 18.7 Å². The zero-order valence-electron chi connectivity index (χ0n) is 15.7. The molecule has 0 unspecified atom stereocenters. The third kappa shape index (κ3) is 5.05. The summed E-state index contributed by atoms with van der Waals surface area (Å²) in [5, 5.41) is 10.1. The minimum absolute atomic E-state index is 0.182. The molecular formula is C20H21N3O4S. The highest BCUT2D eigenvalue weighted by Gasteiger charge is 2.16. The number of benzene rings is 1. The summed E-state index contributed by atoms with van der Waals surface area (Å²) in [4.78, 5) is 15.2. The smallest absolute Gasteiger partial charge is 0.257 e. The molecular weight excluding hydrogens is 378 g/mol. The molecule has 1 amide bonds. The molecule has 2 heterocycles. The standard InChI is InChI=1S/C20H21N3O4S/c1-25-12-11-23(14-18-21-22-20(27-18)17-8-5-13-28-17)19(24)10-9-15-6-3-4-7-16(15)26-2/h3-10,13H,11-12,14H2,1-2H3/b10-9+. The summed E-state index contributed by atoms with van der Waals surface area (Å²) in [6, 6.07) is 11.3. The molecule has 0 saturated carbocycles. The van der Waals surface area contributed by atoms with Crippen molar-refractivity contribution in [1.29, 1.82) is 0 Å². The van der Waals surface area contributed by atoms with Gasteiger partial charge in [0.2, 0.25) is 11.8 Å². The zero-order chi connectivity index (χ0) is 19.8. The summed E-state index contributed by atoms with van der Waals surface area (Å²) in [5.41, 5.74) is 0.822. The first kappa shape index (κ1) is 19.8. The Labute approximate surface area is 167 Å². The Hall–Kier alpha value is -2.97. The number of para-hydroxylation sites is 1.